The Balaban J connectivity index is 1.89. The molecule has 76 valence electrons. The van der Waals surface area contributed by atoms with Gasteiger partial charge in [-0.15, -0.1) is 6.58 Å². The van der Waals surface area contributed by atoms with Crippen molar-refractivity contribution in [1.82, 2.24) is 4.90 Å². The third kappa shape index (κ3) is 5.06. The second-order valence-corrected chi connectivity index (χ2v) is 3.59. The summed E-state index contributed by atoms with van der Waals surface area (Å²) in [6.45, 7) is 9.07. The van der Waals surface area contributed by atoms with Crippen LogP contribution < -0.4 is 0 Å². The lowest BCUT2D eigenvalue weighted by molar-refractivity contribution is 0.0371. The molecule has 0 aromatic rings. The number of nitrogens with zero attached hydrogens (tertiary/aromatic N) is 1. The molecule has 0 bridgehead atoms. The van der Waals surface area contributed by atoms with Crippen LogP contribution in [0.1, 0.15) is 25.7 Å². The molecule has 0 unspecified atom stereocenters. The molecule has 1 aliphatic heterocycles. The van der Waals surface area contributed by atoms with E-state index in [2.05, 4.69) is 11.5 Å². The monoisotopic (exact) mass is 183 g/mol. The summed E-state index contributed by atoms with van der Waals surface area (Å²) in [4.78, 5) is 2.50. The van der Waals surface area contributed by atoms with E-state index in [1.165, 1.54) is 32.2 Å². The number of rotatable bonds is 6. The van der Waals surface area contributed by atoms with Crippen LogP contribution in [0.2, 0.25) is 0 Å². The van der Waals surface area contributed by atoms with E-state index in [4.69, 9.17) is 4.74 Å². The van der Waals surface area contributed by atoms with E-state index in [-0.39, 0.29) is 0 Å². The highest BCUT2D eigenvalue weighted by molar-refractivity contribution is 4.66. The largest absolute Gasteiger partial charge is 0.379 e. The first-order valence-electron chi connectivity index (χ1n) is 5.34. The predicted molar refractivity (Wildman–Crippen MR) is 55.9 cm³/mol. The third-order valence-electron chi connectivity index (χ3n) is 2.49. The van der Waals surface area contributed by atoms with Crippen LogP contribution >= 0.6 is 0 Å². The quantitative estimate of drug-likeness (QED) is 0.461. The molecule has 2 heteroatoms. The van der Waals surface area contributed by atoms with E-state index in [1.54, 1.807) is 0 Å². The van der Waals surface area contributed by atoms with E-state index in [0.717, 1.165) is 26.3 Å². The summed E-state index contributed by atoms with van der Waals surface area (Å²) in [6.07, 6.45) is 7.14. The van der Waals surface area contributed by atoms with E-state index in [9.17, 15) is 0 Å². The van der Waals surface area contributed by atoms with Gasteiger partial charge in [-0.1, -0.05) is 12.5 Å². The number of hydrogen-bond donors (Lipinski definition) is 0. The first kappa shape index (κ1) is 10.7. The van der Waals surface area contributed by atoms with Gasteiger partial charge in [-0.25, -0.2) is 0 Å². The Bertz CT molecular complexity index is 130. The van der Waals surface area contributed by atoms with Crippen molar-refractivity contribution in [3.63, 3.8) is 0 Å². The van der Waals surface area contributed by atoms with Crippen LogP contribution in [0, 0.1) is 0 Å². The van der Waals surface area contributed by atoms with E-state index in [1.807, 2.05) is 6.08 Å². The fourth-order valence-electron chi connectivity index (χ4n) is 1.63. The zero-order chi connectivity index (χ0) is 9.36. The molecule has 1 aliphatic rings. The van der Waals surface area contributed by atoms with Gasteiger partial charge in [0.2, 0.25) is 0 Å². The van der Waals surface area contributed by atoms with Crippen molar-refractivity contribution < 1.29 is 4.74 Å². The third-order valence-corrected chi connectivity index (χ3v) is 2.49. The second kappa shape index (κ2) is 7.10. The fraction of sp³-hybridized carbons (Fsp3) is 0.818. The summed E-state index contributed by atoms with van der Waals surface area (Å²) >= 11 is 0. The number of hydrogen-bond acceptors (Lipinski definition) is 2. The predicted octanol–water partition coefficient (Wildman–Crippen LogP) is 2.06. The van der Waals surface area contributed by atoms with Crippen molar-refractivity contribution in [2.75, 3.05) is 32.8 Å². The summed E-state index contributed by atoms with van der Waals surface area (Å²) < 4.78 is 5.29. The minimum absolute atomic E-state index is 0.923. The number of unbranched alkanes of at least 4 members (excludes halogenated alkanes) is 3. The molecule has 1 rings (SSSR count). The van der Waals surface area contributed by atoms with E-state index < -0.39 is 0 Å². The minimum Gasteiger partial charge on any atom is -0.379 e. The molecule has 0 amide bonds. The Labute approximate surface area is 81.6 Å². The molecule has 1 heterocycles. The van der Waals surface area contributed by atoms with Crippen LogP contribution in [0.5, 0.6) is 0 Å². The molecular weight excluding hydrogens is 162 g/mol. The molecule has 1 fully saturated rings. The minimum atomic E-state index is 0.923. The van der Waals surface area contributed by atoms with Gasteiger partial charge in [0.1, 0.15) is 0 Å². The van der Waals surface area contributed by atoms with Gasteiger partial charge in [0.25, 0.3) is 0 Å². The van der Waals surface area contributed by atoms with Gasteiger partial charge in [-0.3, -0.25) is 4.90 Å². The van der Waals surface area contributed by atoms with Crippen molar-refractivity contribution in [2.45, 2.75) is 25.7 Å². The smallest absolute Gasteiger partial charge is 0.0594 e. The highest BCUT2D eigenvalue weighted by Crippen LogP contribution is 2.03. The molecule has 0 aliphatic carbocycles. The summed E-state index contributed by atoms with van der Waals surface area (Å²) in [5, 5.41) is 0. The molecule has 0 atom stereocenters. The molecule has 0 saturated carbocycles. The lowest BCUT2D eigenvalue weighted by Crippen LogP contribution is -2.36. The van der Waals surface area contributed by atoms with Crippen LogP contribution in [0.3, 0.4) is 0 Å². The number of morpholine rings is 1. The Morgan fingerprint density at radius 1 is 1.15 bits per heavy atom. The molecule has 0 radical (unpaired) electrons. The van der Waals surface area contributed by atoms with Crippen LogP contribution in [0.25, 0.3) is 0 Å². The Hall–Kier alpha value is -0.340. The fourth-order valence-corrected chi connectivity index (χ4v) is 1.63. The maximum atomic E-state index is 5.29. The van der Waals surface area contributed by atoms with E-state index in [0.29, 0.717) is 0 Å². The van der Waals surface area contributed by atoms with Crippen molar-refractivity contribution in [3.8, 4) is 0 Å². The summed E-state index contributed by atoms with van der Waals surface area (Å²) in [5.74, 6) is 0. The lowest BCUT2D eigenvalue weighted by atomic mass is 10.2. The first-order valence-corrected chi connectivity index (χ1v) is 5.34. The lowest BCUT2D eigenvalue weighted by Gasteiger charge is -2.26. The van der Waals surface area contributed by atoms with Gasteiger partial charge in [-0.2, -0.15) is 0 Å². The van der Waals surface area contributed by atoms with Crippen LogP contribution in [-0.4, -0.2) is 37.7 Å². The average molecular weight is 183 g/mol. The molecule has 0 N–H and O–H groups in total. The summed E-state index contributed by atoms with van der Waals surface area (Å²) in [5.41, 5.74) is 0. The number of allylic oxidation sites excluding steroid dienone is 1. The van der Waals surface area contributed by atoms with Crippen molar-refractivity contribution in [3.05, 3.63) is 12.7 Å². The maximum Gasteiger partial charge on any atom is 0.0594 e. The van der Waals surface area contributed by atoms with Gasteiger partial charge in [0.05, 0.1) is 13.2 Å². The maximum absolute atomic E-state index is 5.29. The van der Waals surface area contributed by atoms with Gasteiger partial charge >= 0.3 is 0 Å². The average Bonchev–Trinajstić information content (AvgIpc) is 2.19. The van der Waals surface area contributed by atoms with E-state index >= 15 is 0 Å². The van der Waals surface area contributed by atoms with Crippen molar-refractivity contribution in [1.29, 1.82) is 0 Å². The van der Waals surface area contributed by atoms with Gasteiger partial charge < -0.3 is 4.74 Å². The molecule has 0 aromatic carbocycles. The normalized spacial score (nSPS) is 18.8. The topological polar surface area (TPSA) is 12.5 Å². The Morgan fingerprint density at radius 2 is 1.92 bits per heavy atom. The zero-order valence-corrected chi connectivity index (χ0v) is 8.50. The first-order chi connectivity index (χ1) is 6.43. The molecular formula is C11H21NO. The summed E-state index contributed by atoms with van der Waals surface area (Å²) in [6, 6.07) is 0. The molecule has 0 aromatic heterocycles. The molecule has 1 saturated heterocycles. The van der Waals surface area contributed by atoms with Crippen LogP contribution in [0.15, 0.2) is 12.7 Å². The Kier molecular flexibility index (Phi) is 5.87. The molecule has 13 heavy (non-hydrogen) atoms. The van der Waals surface area contributed by atoms with Crippen LogP contribution in [-0.2, 0) is 4.74 Å². The van der Waals surface area contributed by atoms with Crippen LogP contribution in [0.4, 0.5) is 0 Å². The SMILES string of the molecule is C=CCCCCCN1CCOCC1. The standard InChI is InChI=1S/C11H21NO/c1-2-3-4-5-6-7-12-8-10-13-11-9-12/h2H,1,3-11H2. The summed E-state index contributed by atoms with van der Waals surface area (Å²) in [7, 11) is 0. The zero-order valence-electron chi connectivity index (χ0n) is 8.50. The van der Waals surface area contributed by atoms with Gasteiger partial charge in [-0.05, 0) is 25.8 Å². The van der Waals surface area contributed by atoms with Gasteiger partial charge in [0.15, 0.2) is 0 Å². The Morgan fingerprint density at radius 3 is 2.62 bits per heavy atom. The van der Waals surface area contributed by atoms with Gasteiger partial charge in [0, 0.05) is 13.1 Å². The second-order valence-electron chi connectivity index (χ2n) is 3.59. The highest BCUT2D eigenvalue weighted by atomic mass is 16.5. The highest BCUT2D eigenvalue weighted by Gasteiger charge is 2.08. The number of ether oxygens (including phenoxy) is 1. The molecule has 2 nitrogen and oxygen atoms in total. The van der Waals surface area contributed by atoms with Crippen molar-refractivity contribution >= 4 is 0 Å². The molecule has 0 spiro atoms. The van der Waals surface area contributed by atoms with Crippen molar-refractivity contribution in [2.24, 2.45) is 0 Å².